The van der Waals surface area contributed by atoms with E-state index in [0.717, 1.165) is 52.1 Å². The minimum Gasteiger partial charge on any atom is -0.493 e. The highest BCUT2D eigenvalue weighted by molar-refractivity contribution is 6.31. The maximum atomic E-state index is 14.1. The van der Waals surface area contributed by atoms with Crippen molar-refractivity contribution in [3.8, 4) is 11.5 Å². The number of Topliss-reactive ketones (excluding diaryl/α,β-unsaturated/α-hetero) is 2. The van der Waals surface area contributed by atoms with Crippen molar-refractivity contribution < 1.29 is 23.8 Å². The predicted octanol–water partition coefficient (Wildman–Crippen LogP) is 7.99. The quantitative estimate of drug-likeness (QED) is 0.252. The van der Waals surface area contributed by atoms with E-state index < -0.39 is 5.92 Å². The van der Waals surface area contributed by atoms with Gasteiger partial charge in [-0.2, -0.15) is 0 Å². The highest BCUT2D eigenvalue weighted by Crippen LogP contribution is 2.55. The van der Waals surface area contributed by atoms with Gasteiger partial charge in [0.1, 0.15) is 6.61 Å². The lowest BCUT2D eigenvalue weighted by Gasteiger charge is -2.49. The summed E-state index contributed by atoms with van der Waals surface area (Å²) < 4.78 is 17.8. The highest BCUT2D eigenvalue weighted by Gasteiger charge is 2.49. The second-order valence-electron chi connectivity index (χ2n) is 13.8. The van der Waals surface area contributed by atoms with E-state index in [0.29, 0.717) is 48.9 Å². The Kier molecular flexibility index (Phi) is 9.16. The maximum absolute atomic E-state index is 14.1. The first-order valence-electron chi connectivity index (χ1n) is 15.4. The summed E-state index contributed by atoms with van der Waals surface area (Å²) in [5.74, 6) is 0.849. The van der Waals surface area contributed by atoms with Crippen LogP contribution in [0.4, 0.5) is 0 Å². The molecule has 0 aromatic heterocycles. The summed E-state index contributed by atoms with van der Waals surface area (Å²) in [5, 5.41) is 0.630. The largest absolute Gasteiger partial charge is 0.493 e. The van der Waals surface area contributed by atoms with Crippen molar-refractivity contribution in [3.05, 3.63) is 93.3 Å². The Bertz CT molecular complexity index is 1490. The number of carbonyl (C=O) groups is 2. The zero-order valence-electron chi connectivity index (χ0n) is 26.8. The number of rotatable bonds is 10. The van der Waals surface area contributed by atoms with E-state index in [1.807, 2.05) is 36.4 Å². The molecule has 0 fully saturated rings. The smallest absolute Gasteiger partial charge is 0.165 e. The number of allylic oxidation sites excluding steroid dienone is 5. The van der Waals surface area contributed by atoms with Crippen LogP contribution in [0.2, 0.25) is 5.02 Å². The minimum atomic E-state index is -0.485. The number of ketones is 2. The van der Waals surface area contributed by atoms with E-state index in [4.69, 9.17) is 25.8 Å². The lowest BCUT2D eigenvalue weighted by atomic mass is 9.63. The van der Waals surface area contributed by atoms with Crippen LogP contribution in [0.25, 0.3) is 0 Å². The fraction of sp³-hybridized carbons (Fsp3) is 0.459. The first-order chi connectivity index (χ1) is 20.9. The number of halogens is 1. The van der Waals surface area contributed by atoms with Gasteiger partial charge in [0.05, 0.1) is 13.7 Å². The zero-order valence-corrected chi connectivity index (χ0v) is 27.6. The fourth-order valence-corrected chi connectivity index (χ4v) is 7.26. The van der Waals surface area contributed by atoms with Crippen LogP contribution in [0, 0.1) is 10.8 Å². The number of nitrogens with zero attached hydrogens (tertiary/aromatic N) is 1. The van der Waals surface area contributed by atoms with Gasteiger partial charge in [-0.1, -0.05) is 69.6 Å². The number of ether oxygens (including phenoxy) is 3. The molecule has 1 heterocycles. The van der Waals surface area contributed by atoms with Crippen LogP contribution in [0.5, 0.6) is 11.5 Å². The van der Waals surface area contributed by atoms with Gasteiger partial charge in [0.2, 0.25) is 0 Å². The molecule has 2 aliphatic carbocycles. The van der Waals surface area contributed by atoms with Gasteiger partial charge in [0.25, 0.3) is 0 Å². The summed E-state index contributed by atoms with van der Waals surface area (Å²) in [5.41, 5.74) is 5.69. The number of benzene rings is 2. The van der Waals surface area contributed by atoms with Crippen molar-refractivity contribution in [2.75, 3.05) is 27.4 Å². The molecule has 7 heteroatoms. The van der Waals surface area contributed by atoms with Crippen molar-refractivity contribution in [2.24, 2.45) is 10.8 Å². The Morgan fingerprint density at radius 2 is 1.55 bits per heavy atom. The van der Waals surface area contributed by atoms with Crippen LogP contribution in [0.15, 0.2) is 71.6 Å². The molecular weight excluding hydrogens is 574 g/mol. The molecule has 0 bridgehead atoms. The van der Waals surface area contributed by atoms with Gasteiger partial charge >= 0.3 is 0 Å². The molecule has 0 radical (unpaired) electrons. The first kappa shape index (κ1) is 32.1. The molecule has 2 aromatic carbocycles. The second kappa shape index (κ2) is 12.6. The molecule has 3 aliphatic rings. The van der Waals surface area contributed by atoms with Crippen molar-refractivity contribution in [3.63, 3.8) is 0 Å². The molecule has 2 aromatic rings. The maximum Gasteiger partial charge on any atom is 0.165 e. The molecule has 1 aliphatic heterocycles. The third kappa shape index (κ3) is 6.25. The van der Waals surface area contributed by atoms with Gasteiger partial charge in [-0.05, 0) is 47.8 Å². The van der Waals surface area contributed by atoms with Crippen molar-refractivity contribution in [2.45, 2.75) is 72.3 Å². The molecule has 0 saturated heterocycles. The van der Waals surface area contributed by atoms with Crippen LogP contribution < -0.4 is 9.47 Å². The van der Waals surface area contributed by atoms with Crippen LogP contribution in [0.3, 0.4) is 0 Å². The van der Waals surface area contributed by atoms with Gasteiger partial charge in [0, 0.05) is 71.1 Å². The number of methoxy groups -OCH3 is 2. The molecule has 0 unspecified atom stereocenters. The van der Waals surface area contributed by atoms with E-state index in [1.54, 1.807) is 14.2 Å². The third-order valence-electron chi connectivity index (χ3n) is 8.94. The van der Waals surface area contributed by atoms with E-state index in [2.05, 4.69) is 45.2 Å². The Balaban J connectivity index is 1.70. The van der Waals surface area contributed by atoms with Gasteiger partial charge in [-0.3, -0.25) is 9.59 Å². The molecule has 234 valence electrons. The number of hydrogen-bond acceptors (Lipinski definition) is 6. The Labute approximate surface area is 266 Å². The summed E-state index contributed by atoms with van der Waals surface area (Å²) in [6.45, 7) is 13.9. The number of hydrogen-bond donors (Lipinski definition) is 0. The van der Waals surface area contributed by atoms with Gasteiger partial charge in [-0.15, -0.1) is 6.58 Å². The molecule has 6 nitrogen and oxygen atoms in total. The summed E-state index contributed by atoms with van der Waals surface area (Å²) in [4.78, 5) is 30.5. The Morgan fingerprint density at radius 1 is 0.932 bits per heavy atom. The predicted molar refractivity (Wildman–Crippen MR) is 174 cm³/mol. The lowest BCUT2D eigenvalue weighted by Crippen LogP contribution is -2.45. The fourth-order valence-electron chi connectivity index (χ4n) is 7.07. The van der Waals surface area contributed by atoms with E-state index in [1.165, 1.54) is 0 Å². The van der Waals surface area contributed by atoms with E-state index in [9.17, 15) is 9.59 Å². The van der Waals surface area contributed by atoms with Crippen LogP contribution >= 0.6 is 11.6 Å². The summed E-state index contributed by atoms with van der Waals surface area (Å²) in [6, 6.07) is 11.6. The standard InChI is InChI=1S/C37H44ClNO5/c1-8-11-23-16-25(17-31(43-7)35(23)44-22-24-12-9-10-13-26(24)38)32-33-27(18-36(2,3)20-29(33)40)39(14-15-42-6)28-19-37(4,5)21-30(41)34(28)32/h8-10,12-13,16-17,32H,1,11,14-15,18-22H2,2-7H3. The Hall–Kier alpha value is -3.35. The zero-order chi connectivity index (χ0) is 31.8. The van der Waals surface area contributed by atoms with E-state index in [-0.39, 0.29) is 29.0 Å². The minimum absolute atomic E-state index is 0.0936. The first-order valence-corrected chi connectivity index (χ1v) is 15.7. The van der Waals surface area contributed by atoms with Crippen LogP contribution in [0.1, 0.15) is 76.0 Å². The molecule has 0 saturated carbocycles. The van der Waals surface area contributed by atoms with Gasteiger partial charge < -0.3 is 19.1 Å². The van der Waals surface area contributed by atoms with Gasteiger partial charge in [-0.25, -0.2) is 0 Å². The van der Waals surface area contributed by atoms with Crippen molar-refractivity contribution >= 4 is 23.2 Å². The summed E-state index contributed by atoms with van der Waals surface area (Å²) >= 11 is 6.42. The molecule has 0 amide bonds. The monoisotopic (exact) mass is 617 g/mol. The second-order valence-corrected chi connectivity index (χ2v) is 14.2. The SMILES string of the molecule is C=CCc1cc(C2C3=C(CC(C)(C)CC3=O)N(CCOC)C3=C2C(=O)CC(C)(C)C3)cc(OC)c1OCc1ccccc1Cl. The molecule has 0 atom stereocenters. The molecule has 5 rings (SSSR count). The summed E-state index contributed by atoms with van der Waals surface area (Å²) in [7, 11) is 3.30. The highest BCUT2D eigenvalue weighted by atomic mass is 35.5. The van der Waals surface area contributed by atoms with Crippen molar-refractivity contribution in [1.29, 1.82) is 0 Å². The molecule has 0 spiro atoms. The third-order valence-corrected chi connectivity index (χ3v) is 9.31. The van der Waals surface area contributed by atoms with E-state index >= 15 is 0 Å². The van der Waals surface area contributed by atoms with Crippen LogP contribution in [-0.2, 0) is 27.4 Å². The normalized spacial score (nSPS) is 19.6. The average Bonchev–Trinajstić information content (AvgIpc) is 2.94. The van der Waals surface area contributed by atoms with Crippen molar-refractivity contribution in [1.82, 2.24) is 4.90 Å². The molecule has 44 heavy (non-hydrogen) atoms. The van der Waals surface area contributed by atoms with Gasteiger partial charge in [0.15, 0.2) is 23.1 Å². The molecule has 0 N–H and O–H groups in total. The molecular formula is C37H44ClNO5. The average molecular weight is 618 g/mol. The lowest BCUT2D eigenvalue weighted by molar-refractivity contribution is -0.119. The van der Waals surface area contributed by atoms with Crippen LogP contribution in [-0.4, -0.2) is 43.8 Å². The topological polar surface area (TPSA) is 65.1 Å². The Morgan fingerprint density at radius 3 is 2.09 bits per heavy atom. The number of carbonyl (C=O) groups excluding carboxylic acids is 2. The summed E-state index contributed by atoms with van der Waals surface area (Å²) in [6.07, 6.45) is 4.70.